The van der Waals surface area contributed by atoms with Crippen LogP contribution in [0.1, 0.15) is 22.8 Å². The van der Waals surface area contributed by atoms with Crippen molar-refractivity contribution in [3.8, 4) is 5.75 Å². The SMILES string of the molecule is COc1ccc(CC(=O)NCc2nnc3nc(C)cc(C)n23)cc1F. The average molecular weight is 343 g/mol. The highest BCUT2D eigenvalue weighted by Crippen LogP contribution is 2.18. The number of nitrogens with one attached hydrogen (secondary N) is 1. The number of aromatic nitrogens is 4. The maximum atomic E-state index is 13.7. The van der Waals surface area contributed by atoms with Crippen molar-refractivity contribution in [2.75, 3.05) is 7.11 Å². The van der Waals surface area contributed by atoms with Gasteiger partial charge in [0.1, 0.15) is 0 Å². The molecule has 0 spiro atoms. The second kappa shape index (κ2) is 6.84. The summed E-state index contributed by atoms with van der Waals surface area (Å²) in [6.07, 6.45) is 0.0635. The molecule has 0 bridgehead atoms. The smallest absolute Gasteiger partial charge is 0.255 e. The molecule has 2 heterocycles. The first-order chi connectivity index (χ1) is 12.0. The number of aryl methyl sites for hydroxylation is 2. The van der Waals surface area contributed by atoms with E-state index in [9.17, 15) is 9.18 Å². The van der Waals surface area contributed by atoms with E-state index in [1.54, 1.807) is 10.5 Å². The third-order valence-electron chi connectivity index (χ3n) is 3.78. The van der Waals surface area contributed by atoms with Gasteiger partial charge in [-0.05, 0) is 37.6 Å². The zero-order valence-electron chi connectivity index (χ0n) is 14.2. The van der Waals surface area contributed by atoms with Crippen molar-refractivity contribution >= 4 is 11.7 Å². The number of hydrogen-bond donors (Lipinski definition) is 1. The largest absolute Gasteiger partial charge is 0.494 e. The summed E-state index contributed by atoms with van der Waals surface area (Å²) in [6.45, 7) is 4.03. The number of amides is 1. The van der Waals surface area contributed by atoms with E-state index in [2.05, 4.69) is 20.5 Å². The maximum absolute atomic E-state index is 13.7. The normalized spacial score (nSPS) is 10.9. The predicted octanol–water partition coefficient (Wildman–Crippen LogP) is 1.75. The number of methoxy groups -OCH3 is 1. The monoisotopic (exact) mass is 343 g/mol. The van der Waals surface area contributed by atoms with Gasteiger partial charge in [0.15, 0.2) is 17.4 Å². The number of halogens is 1. The Hall–Kier alpha value is -3.03. The number of nitrogens with zero attached hydrogens (tertiary/aromatic N) is 4. The highest BCUT2D eigenvalue weighted by atomic mass is 19.1. The van der Waals surface area contributed by atoms with Gasteiger partial charge in [-0.25, -0.2) is 9.37 Å². The van der Waals surface area contributed by atoms with Crippen molar-refractivity contribution in [2.45, 2.75) is 26.8 Å². The molecule has 3 rings (SSSR count). The van der Waals surface area contributed by atoms with E-state index in [0.29, 0.717) is 17.2 Å². The van der Waals surface area contributed by atoms with Crippen molar-refractivity contribution in [2.24, 2.45) is 0 Å². The standard InChI is InChI=1S/C17H18FN5O2/c1-10-6-11(2)23-15(21-22-17(23)20-10)9-19-16(24)8-12-4-5-14(25-3)13(18)7-12/h4-7H,8-9H2,1-3H3,(H,19,24). The van der Waals surface area contributed by atoms with Crippen molar-refractivity contribution < 1.29 is 13.9 Å². The zero-order chi connectivity index (χ0) is 18.0. The van der Waals surface area contributed by atoms with Crippen LogP contribution in [0, 0.1) is 19.7 Å². The second-order valence-corrected chi connectivity index (χ2v) is 5.71. The fraction of sp³-hybridized carbons (Fsp3) is 0.294. The second-order valence-electron chi connectivity index (χ2n) is 5.71. The summed E-state index contributed by atoms with van der Waals surface area (Å²) in [6, 6.07) is 6.37. The Kier molecular flexibility index (Phi) is 4.60. The molecule has 0 aliphatic heterocycles. The van der Waals surface area contributed by atoms with Gasteiger partial charge in [-0.15, -0.1) is 10.2 Å². The summed E-state index contributed by atoms with van der Waals surface area (Å²) in [5.74, 6) is 0.512. The molecule has 1 N–H and O–H groups in total. The van der Waals surface area contributed by atoms with Crippen LogP contribution in [0.2, 0.25) is 0 Å². The fourth-order valence-electron chi connectivity index (χ4n) is 2.66. The minimum atomic E-state index is -0.492. The van der Waals surface area contributed by atoms with Gasteiger partial charge in [0.2, 0.25) is 5.91 Å². The van der Waals surface area contributed by atoms with Gasteiger partial charge in [-0.1, -0.05) is 6.07 Å². The highest BCUT2D eigenvalue weighted by Gasteiger charge is 2.12. The van der Waals surface area contributed by atoms with Gasteiger partial charge in [-0.2, -0.15) is 0 Å². The molecule has 0 unspecified atom stereocenters. The lowest BCUT2D eigenvalue weighted by Gasteiger charge is -2.07. The van der Waals surface area contributed by atoms with Gasteiger partial charge in [0.25, 0.3) is 5.78 Å². The van der Waals surface area contributed by atoms with Crippen LogP contribution in [0.3, 0.4) is 0 Å². The summed E-state index contributed by atoms with van der Waals surface area (Å²) in [5.41, 5.74) is 2.36. The summed E-state index contributed by atoms with van der Waals surface area (Å²) in [5, 5.41) is 10.9. The minimum Gasteiger partial charge on any atom is -0.494 e. The lowest BCUT2D eigenvalue weighted by molar-refractivity contribution is -0.120. The number of rotatable bonds is 5. The van der Waals surface area contributed by atoms with Crippen molar-refractivity contribution in [1.29, 1.82) is 0 Å². The van der Waals surface area contributed by atoms with Gasteiger partial charge < -0.3 is 10.1 Å². The lowest BCUT2D eigenvalue weighted by Crippen LogP contribution is -2.26. The van der Waals surface area contributed by atoms with Crippen molar-refractivity contribution in [1.82, 2.24) is 24.9 Å². The minimum absolute atomic E-state index is 0.0635. The first-order valence-corrected chi connectivity index (χ1v) is 7.75. The Bertz CT molecular complexity index is 938. The van der Waals surface area contributed by atoms with E-state index in [1.807, 2.05) is 19.9 Å². The van der Waals surface area contributed by atoms with Gasteiger partial charge in [0, 0.05) is 11.4 Å². The van der Waals surface area contributed by atoms with Gasteiger partial charge in [-0.3, -0.25) is 9.20 Å². The number of benzene rings is 1. The van der Waals surface area contributed by atoms with E-state index in [4.69, 9.17) is 4.74 Å². The molecule has 7 nitrogen and oxygen atoms in total. The van der Waals surface area contributed by atoms with E-state index in [0.717, 1.165) is 11.4 Å². The van der Waals surface area contributed by atoms with Gasteiger partial charge >= 0.3 is 0 Å². The van der Waals surface area contributed by atoms with E-state index < -0.39 is 5.82 Å². The first kappa shape index (κ1) is 16.8. The van der Waals surface area contributed by atoms with E-state index in [-0.39, 0.29) is 24.6 Å². The molecule has 0 aliphatic carbocycles. The molecule has 0 aliphatic rings. The number of fused-ring (bicyclic) bond motifs is 1. The van der Waals surface area contributed by atoms with E-state index >= 15 is 0 Å². The van der Waals surface area contributed by atoms with Crippen LogP contribution in [0.15, 0.2) is 24.3 Å². The molecule has 3 aromatic rings. The number of carbonyl (C=O) groups is 1. The molecule has 2 aromatic heterocycles. The van der Waals surface area contributed by atoms with Crippen LogP contribution in [0.25, 0.3) is 5.78 Å². The van der Waals surface area contributed by atoms with Gasteiger partial charge in [0.05, 0.1) is 20.1 Å². The zero-order valence-corrected chi connectivity index (χ0v) is 14.2. The van der Waals surface area contributed by atoms with Crippen LogP contribution in [0.4, 0.5) is 4.39 Å². The number of hydrogen-bond acceptors (Lipinski definition) is 5. The molecule has 1 amide bonds. The van der Waals surface area contributed by atoms with E-state index in [1.165, 1.54) is 19.2 Å². The molecular weight excluding hydrogens is 325 g/mol. The average Bonchev–Trinajstić information content (AvgIpc) is 2.96. The lowest BCUT2D eigenvalue weighted by atomic mass is 10.1. The van der Waals surface area contributed by atoms with Crippen LogP contribution < -0.4 is 10.1 Å². The molecular formula is C17H18FN5O2. The molecule has 0 fully saturated rings. The van der Waals surface area contributed by atoms with Crippen LogP contribution >= 0.6 is 0 Å². The Morgan fingerprint density at radius 1 is 1.28 bits per heavy atom. The highest BCUT2D eigenvalue weighted by molar-refractivity contribution is 5.78. The summed E-state index contributed by atoms with van der Waals surface area (Å²) in [4.78, 5) is 16.4. The summed E-state index contributed by atoms with van der Waals surface area (Å²) >= 11 is 0. The Morgan fingerprint density at radius 2 is 2.08 bits per heavy atom. The van der Waals surface area contributed by atoms with Crippen LogP contribution in [-0.2, 0) is 17.8 Å². The first-order valence-electron chi connectivity index (χ1n) is 7.75. The fourth-order valence-corrected chi connectivity index (χ4v) is 2.66. The third-order valence-corrected chi connectivity index (χ3v) is 3.78. The summed E-state index contributed by atoms with van der Waals surface area (Å²) < 4.78 is 20.3. The van der Waals surface area contributed by atoms with Crippen molar-refractivity contribution in [3.63, 3.8) is 0 Å². The molecule has 1 aromatic carbocycles. The Morgan fingerprint density at radius 3 is 2.80 bits per heavy atom. The quantitative estimate of drug-likeness (QED) is 0.763. The van der Waals surface area contributed by atoms with Crippen LogP contribution in [-0.4, -0.2) is 32.6 Å². The molecule has 0 atom stereocenters. The number of ether oxygens (including phenoxy) is 1. The third kappa shape index (κ3) is 3.57. The topological polar surface area (TPSA) is 81.4 Å². The predicted molar refractivity (Wildman–Crippen MR) is 88.8 cm³/mol. The maximum Gasteiger partial charge on any atom is 0.255 e. The Labute approximate surface area is 143 Å². The van der Waals surface area contributed by atoms with Crippen molar-refractivity contribution in [3.05, 3.63) is 52.9 Å². The molecule has 0 saturated carbocycles. The van der Waals surface area contributed by atoms with Crippen LogP contribution in [0.5, 0.6) is 5.75 Å². The number of carbonyl (C=O) groups excluding carboxylic acids is 1. The Balaban J connectivity index is 1.68. The molecule has 0 radical (unpaired) electrons. The molecule has 0 saturated heterocycles. The molecule has 8 heteroatoms. The molecule has 25 heavy (non-hydrogen) atoms. The molecule has 130 valence electrons. The summed E-state index contributed by atoms with van der Waals surface area (Å²) in [7, 11) is 1.39.